The first-order valence-corrected chi connectivity index (χ1v) is 8.86. The predicted molar refractivity (Wildman–Crippen MR) is 108 cm³/mol. The van der Waals surface area contributed by atoms with Crippen molar-refractivity contribution in [3.05, 3.63) is 51.7 Å². The largest absolute Gasteiger partial charge is 0.493 e. The Hall–Kier alpha value is -4.54. The van der Waals surface area contributed by atoms with Crippen molar-refractivity contribution in [3.8, 4) is 28.6 Å². The maximum Gasteiger partial charge on any atom is 0.341 e. The van der Waals surface area contributed by atoms with Gasteiger partial charge in [0.05, 0.1) is 30.7 Å². The van der Waals surface area contributed by atoms with Crippen molar-refractivity contribution in [2.45, 2.75) is 0 Å². The van der Waals surface area contributed by atoms with Gasteiger partial charge < -0.3 is 33.9 Å². The third-order valence-electron chi connectivity index (χ3n) is 4.41. The van der Waals surface area contributed by atoms with Crippen LogP contribution in [0.5, 0.6) is 17.2 Å². The molecule has 0 saturated carbocycles. The van der Waals surface area contributed by atoms with Gasteiger partial charge >= 0.3 is 17.9 Å². The summed E-state index contributed by atoms with van der Waals surface area (Å²) >= 11 is 0. The standard InChI is InChI=1S/C21H16O11/c1-29-12-4-3-9(6-13(12)31-8-15(22)23)18-19(30-2)17(24)16-11(21(27)28)5-10(20(25)26)7-14(16)32-18/h3-7H,8H2,1-2H3,(H,22,23)(H,25,26)(H,27,28). The third-order valence-corrected chi connectivity index (χ3v) is 4.41. The molecule has 166 valence electrons. The average molecular weight is 444 g/mol. The lowest BCUT2D eigenvalue weighted by molar-refractivity contribution is -0.139. The molecule has 0 aliphatic heterocycles. The zero-order valence-corrected chi connectivity index (χ0v) is 16.7. The minimum Gasteiger partial charge on any atom is -0.493 e. The van der Waals surface area contributed by atoms with E-state index in [1.165, 1.54) is 32.4 Å². The number of hydrogen-bond donors (Lipinski definition) is 3. The quantitative estimate of drug-likeness (QED) is 0.466. The molecule has 0 unspecified atom stereocenters. The number of fused-ring (bicyclic) bond motifs is 1. The van der Waals surface area contributed by atoms with Gasteiger partial charge in [0, 0.05) is 5.56 Å². The van der Waals surface area contributed by atoms with Gasteiger partial charge in [0.25, 0.3) is 0 Å². The summed E-state index contributed by atoms with van der Waals surface area (Å²) < 4.78 is 21.2. The van der Waals surface area contributed by atoms with Gasteiger partial charge in [-0.05, 0) is 30.3 Å². The number of aromatic carboxylic acids is 2. The van der Waals surface area contributed by atoms with Crippen molar-refractivity contribution in [2.24, 2.45) is 0 Å². The minimum absolute atomic E-state index is 0.0303. The highest BCUT2D eigenvalue weighted by Crippen LogP contribution is 2.37. The molecule has 0 amide bonds. The molecule has 0 atom stereocenters. The summed E-state index contributed by atoms with van der Waals surface area (Å²) in [6.07, 6.45) is 0. The van der Waals surface area contributed by atoms with Crippen LogP contribution in [0.25, 0.3) is 22.3 Å². The van der Waals surface area contributed by atoms with E-state index in [0.29, 0.717) is 0 Å². The number of carbonyl (C=O) groups is 3. The second-order valence-electron chi connectivity index (χ2n) is 6.35. The van der Waals surface area contributed by atoms with Crippen molar-refractivity contribution in [3.63, 3.8) is 0 Å². The van der Waals surface area contributed by atoms with Crippen LogP contribution in [0.2, 0.25) is 0 Å². The Labute approximate surface area is 179 Å². The molecule has 3 aromatic rings. The van der Waals surface area contributed by atoms with Crippen molar-refractivity contribution in [2.75, 3.05) is 20.8 Å². The Bertz CT molecular complexity index is 1300. The topological polar surface area (TPSA) is 170 Å². The highest BCUT2D eigenvalue weighted by atomic mass is 16.5. The van der Waals surface area contributed by atoms with Gasteiger partial charge in [0.2, 0.25) is 11.2 Å². The molecule has 0 bridgehead atoms. The number of aliphatic carboxylic acids is 1. The molecule has 1 heterocycles. The van der Waals surface area contributed by atoms with Gasteiger partial charge in [0.1, 0.15) is 5.58 Å². The summed E-state index contributed by atoms with van der Waals surface area (Å²) in [6, 6.07) is 6.13. The first-order chi connectivity index (χ1) is 15.2. The molecule has 0 aliphatic carbocycles. The van der Waals surface area contributed by atoms with Crippen molar-refractivity contribution in [1.82, 2.24) is 0 Å². The molecule has 3 rings (SSSR count). The van der Waals surface area contributed by atoms with Crippen LogP contribution in [-0.4, -0.2) is 54.1 Å². The van der Waals surface area contributed by atoms with Crippen LogP contribution in [0, 0.1) is 0 Å². The van der Waals surface area contributed by atoms with Crippen LogP contribution in [-0.2, 0) is 4.79 Å². The molecule has 1 aromatic heterocycles. The molecule has 32 heavy (non-hydrogen) atoms. The molecule has 0 aliphatic rings. The van der Waals surface area contributed by atoms with E-state index in [1.54, 1.807) is 0 Å². The predicted octanol–water partition coefficient (Wildman–Crippen LogP) is 2.34. The lowest BCUT2D eigenvalue weighted by Crippen LogP contribution is -2.13. The molecular weight excluding hydrogens is 428 g/mol. The highest BCUT2D eigenvalue weighted by molar-refractivity contribution is 6.06. The van der Waals surface area contributed by atoms with E-state index in [2.05, 4.69) is 0 Å². The SMILES string of the molecule is COc1ccc(-c2oc3cc(C(=O)O)cc(C(=O)O)c3c(=O)c2OC)cc1OCC(=O)O. The Morgan fingerprint density at radius 3 is 2.22 bits per heavy atom. The van der Waals surface area contributed by atoms with E-state index in [1.807, 2.05) is 0 Å². The summed E-state index contributed by atoms with van der Waals surface area (Å²) in [6.45, 7) is -0.664. The minimum atomic E-state index is -1.52. The normalized spacial score (nSPS) is 10.6. The second-order valence-corrected chi connectivity index (χ2v) is 6.35. The van der Waals surface area contributed by atoms with Gasteiger partial charge in [-0.25, -0.2) is 14.4 Å². The zero-order valence-electron chi connectivity index (χ0n) is 16.7. The van der Waals surface area contributed by atoms with E-state index < -0.39 is 41.1 Å². The van der Waals surface area contributed by atoms with Gasteiger partial charge in [-0.15, -0.1) is 0 Å². The zero-order chi connectivity index (χ0) is 23.6. The van der Waals surface area contributed by atoms with Crippen molar-refractivity contribution < 1.29 is 48.3 Å². The maximum absolute atomic E-state index is 13.1. The Morgan fingerprint density at radius 2 is 1.66 bits per heavy atom. The van der Waals surface area contributed by atoms with Crippen molar-refractivity contribution >= 4 is 28.9 Å². The lowest BCUT2D eigenvalue weighted by atomic mass is 10.0. The molecular formula is C21H16O11. The van der Waals surface area contributed by atoms with Crippen LogP contribution in [0.1, 0.15) is 20.7 Å². The summed E-state index contributed by atoms with van der Waals surface area (Å²) in [4.78, 5) is 47.0. The molecule has 11 nitrogen and oxygen atoms in total. The fourth-order valence-corrected chi connectivity index (χ4v) is 3.04. The number of hydrogen-bond acceptors (Lipinski definition) is 8. The molecule has 2 aromatic carbocycles. The van der Waals surface area contributed by atoms with Crippen LogP contribution in [0.15, 0.2) is 39.5 Å². The van der Waals surface area contributed by atoms with E-state index in [0.717, 1.165) is 12.1 Å². The van der Waals surface area contributed by atoms with Crippen LogP contribution in [0.4, 0.5) is 0 Å². The summed E-state index contributed by atoms with van der Waals surface area (Å²) in [7, 11) is 2.53. The van der Waals surface area contributed by atoms with E-state index >= 15 is 0 Å². The Balaban J connectivity index is 2.33. The van der Waals surface area contributed by atoms with Crippen molar-refractivity contribution in [1.29, 1.82) is 0 Å². The van der Waals surface area contributed by atoms with Crippen LogP contribution < -0.4 is 19.6 Å². The number of carboxylic acids is 3. The monoisotopic (exact) mass is 444 g/mol. The smallest absolute Gasteiger partial charge is 0.341 e. The molecule has 0 radical (unpaired) electrons. The number of benzene rings is 2. The number of carboxylic acid groups (broad SMARTS) is 3. The fraction of sp³-hybridized carbons (Fsp3) is 0.143. The van der Waals surface area contributed by atoms with Gasteiger partial charge in [-0.2, -0.15) is 0 Å². The molecule has 0 fully saturated rings. The third kappa shape index (κ3) is 4.03. The maximum atomic E-state index is 13.1. The Morgan fingerprint density at radius 1 is 0.938 bits per heavy atom. The molecule has 3 N–H and O–H groups in total. The van der Waals surface area contributed by atoms with E-state index in [4.69, 9.17) is 23.7 Å². The number of rotatable bonds is 8. The summed E-state index contributed by atoms with van der Waals surface area (Å²) in [5.41, 5.74) is -1.86. The van der Waals surface area contributed by atoms with Crippen LogP contribution in [0.3, 0.4) is 0 Å². The first-order valence-electron chi connectivity index (χ1n) is 8.86. The second kappa shape index (κ2) is 8.68. The fourth-order valence-electron chi connectivity index (χ4n) is 3.04. The number of methoxy groups -OCH3 is 2. The molecule has 0 spiro atoms. The average Bonchev–Trinajstić information content (AvgIpc) is 2.76. The van der Waals surface area contributed by atoms with Gasteiger partial charge in [0.15, 0.2) is 23.9 Å². The molecule has 0 saturated heterocycles. The number of ether oxygens (including phenoxy) is 3. The van der Waals surface area contributed by atoms with Gasteiger partial charge in [-0.1, -0.05) is 0 Å². The van der Waals surface area contributed by atoms with E-state index in [9.17, 15) is 29.4 Å². The highest BCUT2D eigenvalue weighted by Gasteiger charge is 2.24. The lowest BCUT2D eigenvalue weighted by Gasteiger charge is -2.13. The van der Waals surface area contributed by atoms with Crippen LogP contribution >= 0.6 is 0 Å². The summed E-state index contributed by atoms with van der Waals surface area (Å²) in [5.74, 6) is -4.41. The van der Waals surface area contributed by atoms with E-state index in [-0.39, 0.29) is 39.5 Å². The summed E-state index contributed by atoms with van der Waals surface area (Å²) in [5, 5.41) is 27.3. The molecule has 11 heteroatoms. The first kappa shape index (κ1) is 22.2. The van der Waals surface area contributed by atoms with Gasteiger partial charge in [-0.3, -0.25) is 4.79 Å². The Kier molecular flexibility index (Phi) is 6.01.